The molecule has 92 valence electrons. The summed E-state index contributed by atoms with van der Waals surface area (Å²) in [6.07, 6.45) is 7.29. The summed E-state index contributed by atoms with van der Waals surface area (Å²) in [5, 5.41) is 5.45. The van der Waals surface area contributed by atoms with E-state index in [2.05, 4.69) is 48.3 Å². The Labute approximate surface area is 107 Å². The van der Waals surface area contributed by atoms with Gasteiger partial charge in [0.1, 0.15) is 0 Å². The first kappa shape index (κ1) is 11.3. The summed E-state index contributed by atoms with van der Waals surface area (Å²) in [5.41, 5.74) is 0.860. The van der Waals surface area contributed by atoms with E-state index in [4.69, 9.17) is 0 Å². The molecule has 2 heteroatoms. The Hall–Kier alpha value is -1.83. The van der Waals surface area contributed by atoms with E-state index in [1.807, 2.05) is 0 Å². The molecule has 0 spiro atoms. The van der Waals surface area contributed by atoms with E-state index in [1.54, 1.807) is 0 Å². The number of allylic oxidation sites excluding steroid dienone is 1. The topological polar surface area (TPSA) is 29.1 Å². The van der Waals surface area contributed by atoms with Crippen molar-refractivity contribution < 1.29 is 4.79 Å². The van der Waals surface area contributed by atoms with Crippen LogP contribution in [0.15, 0.2) is 36.5 Å². The molecular formula is C16H17NO. The molecule has 1 aliphatic heterocycles. The van der Waals surface area contributed by atoms with Gasteiger partial charge in [0.05, 0.1) is 0 Å². The number of hydrogen-bond acceptors (Lipinski definition) is 1. The zero-order valence-electron chi connectivity index (χ0n) is 10.4. The fourth-order valence-electron chi connectivity index (χ4n) is 2.83. The smallest absolute Gasteiger partial charge is 0.227 e. The first-order chi connectivity index (χ1) is 8.72. The molecule has 0 saturated carbocycles. The first-order valence-electron chi connectivity index (χ1n) is 6.50. The molecule has 2 nitrogen and oxygen atoms in total. The number of benzene rings is 1. The highest BCUT2D eigenvalue weighted by Gasteiger charge is 2.26. The Bertz CT molecular complexity index is 579. The number of rotatable bonds is 2. The number of hydrogen-bond donors (Lipinski definition) is 1. The molecule has 2 aliphatic rings. The SMILES string of the molecule is C=C1CCC(CC2C=c3ccccc3=C2)C(=O)N1. The van der Waals surface area contributed by atoms with Crippen LogP contribution in [0.2, 0.25) is 0 Å². The molecule has 0 aromatic heterocycles. The minimum Gasteiger partial charge on any atom is -0.330 e. The molecule has 1 heterocycles. The minimum atomic E-state index is 0.127. The normalized spacial score (nSPS) is 23.0. The van der Waals surface area contributed by atoms with Gasteiger partial charge >= 0.3 is 0 Å². The third kappa shape index (κ3) is 2.10. The van der Waals surface area contributed by atoms with E-state index in [-0.39, 0.29) is 11.8 Å². The second-order valence-corrected chi connectivity index (χ2v) is 5.19. The maximum Gasteiger partial charge on any atom is 0.227 e. The van der Waals surface area contributed by atoms with Gasteiger partial charge < -0.3 is 5.32 Å². The number of carbonyl (C=O) groups is 1. The lowest BCUT2D eigenvalue weighted by atomic mass is 9.88. The number of nitrogens with one attached hydrogen (secondary N) is 1. The van der Waals surface area contributed by atoms with Crippen LogP contribution in [-0.2, 0) is 4.79 Å². The van der Waals surface area contributed by atoms with Gasteiger partial charge in [0.25, 0.3) is 0 Å². The molecule has 1 aromatic rings. The average molecular weight is 239 g/mol. The third-order valence-corrected chi connectivity index (χ3v) is 3.81. The summed E-state index contributed by atoms with van der Waals surface area (Å²) in [5.74, 6) is 0.663. The molecule has 1 aliphatic carbocycles. The van der Waals surface area contributed by atoms with Crippen molar-refractivity contribution in [1.82, 2.24) is 5.32 Å². The van der Waals surface area contributed by atoms with Gasteiger partial charge in [-0.3, -0.25) is 4.79 Å². The van der Waals surface area contributed by atoms with Crippen molar-refractivity contribution in [3.8, 4) is 0 Å². The van der Waals surface area contributed by atoms with Crippen LogP contribution in [0.4, 0.5) is 0 Å². The van der Waals surface area contributed by atoms with Gasteiger partial charge in [0.2, 0.25) is 5.91 Å². The molecule has 18 heavy (non-hydrogen) atoms. The van der Waals surface area contributed by atoms with Crippen molar-refractivity contribution in [3.63, 3.8) is 0 Å². The van der Waals surface area contributed by atoms with Gasteiger partial charge in [0.15, 0.2) is 0 Å². The number of fused-ring (bicyclic) bond motifs is 1. The zero-order valence-corrected chi connectivity index (χ0v) is 10.4. The van der Waals surface area contributed by atoms with Crippen LogP contribution >= 0.6 is 0 Å². The van der Waals surface area contributed by atoms with E-state index >= 15 is 0 Å². The molecule has 0 radical (unpaired) electrons. The van der Waals surface area contributed by atoms with Crippen molar-refractivity contribution in [3.05, 3.63) is 47.0 Å². The predicted molar refractivity (Wildman–Crippen MR) is 72.7 cm³/mol. The average Bonchev–Trinajstić information content (AvgIpc) is 2.75. The Morgan fingerprint density at radius 2 is 1.89 bits per heavy atom. The molecule has 0 bridgehead atoms. The highest BCUT2D eigenvalue weighted by molar-refractivity contribution is 5.81. The standard InChI is InChI=1S/C16H17NO/c1-11-6-7-15(16(18)17-11)10-12-8-13-4-2-3-5-14(13)9-12/h2-5,8-9,12,15H,1,6-7,10H2,(H,17,18). The van der Waals surface area contributed by atoms with Gasteiger partial charge in [-0.05, 0) is 35.6 Å². The molecule has 1 atom stereocenters. The molecule has 1 N–H and O–H groups in total. The van der Waals surface area contributed by atoms with Gasteiger partial charge in [-0.25, -0.2) is 0 Å². The molecule has 1 saturated heterocycles. The van der Waals surface area contributed by atoms with Crippen molar-refractivity contribution in [2.45, 2.75) is 19.3 Å². The summed E-state index contributed by atoms with van der Waals surface area (Å²) in [6, 6.07) is 8.38. The lowest BCUT2D eigenvalue weighted by Crippen LogP contribution is -2.35. The fourth-order valence-corrected chi connectivity index (χ4v) is 2.83. The first-order valence-corrected chi connectivity index (χ1v) is 6.50. The van der Waals surface area contributed by atoms with Crippen LogP contribution in [-0.4, -0.2) is 5.91 Å². The lowest BCUT2D eigenvalue weighted by molar-refractivity contribution is -0.125. The number of amides is 1. The quantitative estimate of drug-likeness (QED) is 0.828. The Morgan fingerprint density at radius 3 is 2.50 bits per heavy atom. The molecule has 1 fully saturated rings. The second-order valence-electron chi connectivity index (χ2n) is 5.19. The molecule has 1 aromatic carbocycles. The molecular weight excluding hydrogens is 222 g/mol. The number of piperidine rings is 1. The lowest BCUT2D eigenvalue weighted by Gasteiger charge is -2.24. The summed E-state index contributed by atoms with van der Waals surface area (Å²) in [6.45, 7) is 3.82. The highest BCUT2D eigenvalue weighted by Crippen LogP contribution is 2.25. The monoisotopic (exact) mass is 239 g/mol. The molecule has 1 amide bonds. The van der Waals surface area contributed by atoms with Gasteiger partial charge in [-0.15, -0.1) is 0 Å². The van der Waals surface area contributed by atoms with Crippen LogP contribution in [0.5, 0.6) is 0 Å². The van der Waals surface area contributed by atoms with Crippen molar-refractivity contribution >= 4 is 18.1 Å². The van der Waals surface area contributed by atoms with Crippen LogP contribution in [0.1, 0.15) is 19.3 Å². The van der Waals surface area contributed by atoms with E-state index in [9.17, 15) is 4.79 Å². The predicted octanol–water partition coefficient (Wildman–Crippen LogP) is 1.31. The summed E-state index contributed by atoms with van der Waals surface area (Å²) >= 11 is 0. The van der Waals surface area contributed by atoms with E-state index < -0.39 is 0 Å². The molecule has 3 rings (SSSR count). The maximum absolute atomic E-state index is 11.9. The minimum absolute atomic E-state index is 0.127. The van der Waals surface area contributed by atoms with E-state index in [0.29, 0.717) is 5.92 Å². The summed E-state index contributed by atoms with van der Waals surface area (Å²) in [4.78, 5) is 11.9. The second kappa shape index (κ2) is 4.45. The van der Waals surface area contributed by atoms with Gasteiger partial charge in [-0.1, -0.05) is 43.0 Å². The Morgan fingerprint density at radius 1 is 1.22 bits per heavy atom. The largest absolute Gasteiger partial charge is 0.330 e. The van der Waals surface area contributed by atoms with Crippen molar-refractivity contribution in [2.24, 2.45) is 11.8 Å². The van der Waals surface area contributed by atoms with E-state index in [0.717, 1.165) is 25.0 Å². The van der Waals surface area contributed by atoms with Crippen LogP contribution in [0.25, 0.3) is 12.2 Å². The highest BCUT2D eigenvalue weighted by atomic mass is 16.1. The van der Waals surface area contributed by atoms with Gasteiger partial charge in [0, 0.05) is 11.6 Å². The Balaban J connectivity index is 1.74. The number of carbonyl (C=O) groups excluding carboxylic acids is 1. The van der Waals surface area contributed by atoms with Crippen molar-refractivity contribution in [2.75, 3.05) is 0 Å². The van der Waals surface area contributed by atoms with Crippen LogP contribution in [0, 0.1) is 11.8 Å². The zero-order chi connectivity index (χ0) is 12.5. The van der Waals surface area contributed by atoms with Crippen LogP contribution in [0.3, 0.4) is 0 Å². The summed E-state index contributed by atoms with van der Waals surface area (Å²) < 4.78 is 0. The Kier molecular flexibility index (Phi) is 2.78. The third-order valence-electron chi connectivity index (χ3n) is 3.81. The molecule has 1 unspecified atom stereocenters. The van der Waals surface area contributed by atoms with Crippen LogP contribution < -0.4 is 15.8 Å². The fraction of sp³-hybridized carbons (Fsp3) is 0.312. The maximum atomic E-state index is 11.9. The summed E-state index contributed by atoms with van der Waals surface area (Å²) in [7, 11) is 0. The van der Waals surface area contributed by atoms with E-state index in [1.165, 1.54) is 10.4 Å². The van der Waals surface area contributed by atoms with Crippen molar-refractivity contribution in [1.29, 1.82) is 0 Å². The van der Waals surface area contributed by atoms with Gasteiger partial charge in [-0.2, -0.15) is 0 Å².